The SMILES string of the molecule is C=C(C(=O)OCCc1ccccc1Cl)C(O)c1cccnc1. The van der Waals surface area contributed by atoms with Gasteiger partial charge in [0, 0.05) is 29.4 Å². The van der Waals surface area contributed by atoms with E-state index >= 15 is 0 Å². The molecule has 5 heteroatoms. The highest BCUT2D eigenvalue weighted by Crippen LogP contribution is 2.20. The van der Waals surface area contributed by atoms with Gasteiger partial charge in [0.1, 0.15) is 6.10 Å². The zero-order valence-electron chi connectivity index (χ0n) is 11.9. The maximum absolute atomic E-state index is 11.9. The van der Waals surface area contributed by atoms with Crippen LogP contribution in [0.1, 0.15) is 17.2 Å². The molecule has 0 saturated carbocycles. The highest BCUT2D eigenvalue weighted by atomic mass is 35.5. The highest BCUT2D eigenvalue weighted by molar-refractivity contribution is 6.31. The number of benzene rings is 1. The van der Waals surface area contributed by atoms with E-state index < -0.39 is 12.1 Å². The van der Waals surface area contributed by atoms with Crippen LogP contribution in [0.4, 0.5) is 0 Å². The van der Waals surface area contributed by atoms with Gasteiger partial charge in [0.05, 0.1) is 12.2 Å². The third-order valence-electron chi connectivity index (χ3n) is 3.15. The molecule has 1 heterocycles. The second-order valence-corrected chi connectivity index (χ2v) is 5.10. The summed E-state index contributed by atoms with van der Waals surface area (Å²) >= 11 is 6.03. The van der Waals surface area contributed by atoms with Crippen molar-refractivity contribution in [1.29, 1.82) is 0 Å². The van der Waals surface area contributed by atoms with Gasteiger partial charge in [-0.25, -0.2) is 4.79 Å². The topological polar surface area (TPSA) is 59.4 Å². The van der Waals surface area contributed by atoms with Crippen molar-refractivity contribution in [2.24, 2.45) is 0 Å². The number of pyridine rings is 1. The number of aromatic nitrogens is 1. The number of hydrogen-bond acceptors (Lipinski definition) is 4. The fourth-order valence-electron chi connectivity index (χ4n) is 1.90. The number of esters is 1. The number of rotatable bonds is 6. The number of aliphatic hydroxyl groups is 1. The first-order valence-electron chi connectivity index (χ1n) is 6.77. The van der Waals surface area contributed by atoms with E-state index in [0.717, 1.165) is 5.56 Å². The minimum Gasteiger partial charge on any atom is -0.462 e. The Morgan fingerprint density at radius 3 is 2.77 bits per heavy atom. The zero-order valence-corrected chi connectivity index (χ0v) is 12.7. The summed E-state index contributed by atoms with van der Waals surface area (Å²) in [6.45, 7) is 3.76. The van der Waals surface area contributed by atoms with Crippen molar-refractivity contribution in [1.82, 2.24) is 4.98 Å². The summed E-state index contributed by atoms with van der Waals surface area (Å²) in [5, 5.41) is 10.7. The van der Waals surface area contributed by atoms with Gasteiger partial charge in [0.15, 0.2) is 0 Å². The summed E-state index contributed by atoms with van der Waals surface area (Å²) in [7, 11) is 0. The maximum atomic E-state index is 11.9. The van der Waals surface area contributed by atoms with Gasteiger partial charge in [-0.1, -0.05) is 42.4 Å². The van der Waals surface area contributed by atoms with Crippen LogP contribution >= 0.6 is 11.6 Å². The van der Waals surface area contributed by atoms with E-state index in [0.29, 0.717) is 17.0 Å². The predicted molar refractivity (Wildman–Crippen MR) is 84.5 cm³/mol. The summed E-state index contributed by atoms with van der Waals surface area (Å²) in [5.41, 5.74) is 1.37. The van der Waals surface area contributed by atoms with Crippen LogP contribution in [0, 0.1) is 0 Å². The summed E-state index contributed by atoms with van der Waals surface area (Å²) in [4.78, 5) is 15.8. The average molecular weight is 318 g/mol. The quantitative estimate of drug-likeness (QED) is 0.657. The van der Waals surface area contributed by atoms with E-state index in [1.807, 2.05) is 18.2 Å². The molecule has 0 aliphatic rings. The maximum Gasteiger partial charge on any atom is 0.336 e. The molecular formula is C17H16ClNO3. The molecule has 114 valence electrons. The van der Waals surface area contributed by atoms with E-state index in [-0.39, 0.29) is 12.2 Å². The van der Waals surface area contributed by atoms with Crippen LogP contribution in [-0.4, -0.2) is 22.7 Å². The highest BCUT2D eigenvalue weighted by Gasteiger charge is 2.19. The summed E-state index contributed by atoms with van der Waals surface area (Å²) < 4.78 is 5.13. The van der Waals surface area contributed by atoms with Crippen LogP contribution in [0.25, 0.3) is 0 Å². The second kappa shape index (κ2) is 7.73. The van der Waals surface area contributed by atoms with Crippen LogP contribution in [0.3, 0.4) is 0 Å². The number of hydrogen-bond donors (Lipinski definition) is 1. The van der Waals surface area contributed by atoms with Gasteiger partial charge in [-0.05, 0) is 17.7 Å². The Morgan fingerprint density at radius 1 is 1.32 bits per heavy atom. The summed E-state index contributed by atoms with van der Waals surface area (Å²) in [6.07, 6.45) is 2.44. The molecule has 0 fully saturated rings. The van der Waals surface area contributed by atoms with Crippen LogP contribution in [-0.2, 0) is 16.0 Å². The van der Waals surface area contributed by atoms with E-state index in [1.165, 1.54) is 6.20 Å². The number of halogens is 1. The molecule has 0 radical (unpaired) electrons. The Kier molecular flexibility index (Phi) is 5.69. The molecular weight excluding hydrogens is 302 g/mol. The molecule has 1 N–H and O–H groups in total. The minimum atomic E-state index is -1.12. The standard InChI is InChI=1S/C17H16ClNO3/c1-12(16(20)14-6-4-9-19-11-14)17(21)22-10-8-13-5-2-3-7-15(13)18/h2-7,9,11,16,20H,1,8,10H2. The molecule has 0 aliphatic heterocycles. The Hall–Kier alpha value is -2.17. The molecule has 2 aromatic rings. The average Bonchev–Trinajstić information content (AvgIpc) is 2.56. The molecule has 0 aliphatic carbocycles. The van der Waals surface area contributed by atoms with Crippen molar-refractivity contribution >= 4 is 17.6 Å². The molecule has 0 amide bonds. The molecule has 22 heavy (non-hydrogen) atoms. The normalized spacial score (nSPS) is 11.7. The largest absolute Gasteiger partial charge is 0.462 e. The van der Waals surface area contributed by atoms with Crippen molar-refractivity contribution in [3.63, 3.8) is 0 Å². The summed E-state index contributed by atoms with van der Waals surface area (Å²) in [5.74, 6) is -0.636. The Balaban J connectivity index is 1.87. The first-order chi connectivity index (χ1) is 10.6. The Bertz CT molecular complexity index is 658. The van der Waals surface area contributed by atoms with E-state index in [1.54, 1.807) is 24.4 Å². The number of aliphatic hydroxyl groups excluding tert-OH is 1. The second-order valence-electron chi connectivity index (χ2n) is 4.69. The van der Waals surface area contributed by atoms with Gasteiger partial charge < -0.3 is 9.84 Å². The first-order valence-corrected chi connectivity index (χ1v) is 7.14. The molecule has 0 saturated heterocycles. The van der Waals surface area contributed by atoms with Crippen LogP contribution in [0.15, 0.2) is 60.9 Å². The Morgan fingerprint density at radius 2 is 2.09 bits per heavy atom. The minimum absolute atomic E-state index is 0.0211. The van der Waals surface area contributed by atoms with Gasteiger partial charge in [-0.2, -0.15) is 0 Å². The van der Waals surface area contributed by atoms with Crippen LogP contribution in [0.5, 0.6) is 0 Å². The fraction of sp³-hybridized carbons (Fsp3) is 0.176. The molecule has 1 unspecified atom stereocenters. The summed E-state index contributed by atoms with van der Waals surface area (Å²) in [6, 6.07) is 10.7. The molecule has 0 bridgehead atoms. The van der Waals surface area contributed by atoms with Crippen LogP contribution in [0.2, 0.25) is 5.02 Å². The van der Waals surface area contributed by atoms with Gasteiger partial charge in [-0.3, -0.25) is 4.98 Å². The third-order valence-corrected chi connectivity index (χ3v) is 3.52. The molecule has 1 atom stereocenters. The van der Waals surface area contributed by atoms with Crippen molar-refractivity contribution < 1.29 is 14.6 Å². The molecule has 0 spiro atoms. The number of carbonyl (C=O) groups excluding carboxylic acids is 1. The van der Waals surface area contributed by atoms with Crippen molar-refractivity contribution in [2.75, 3.05) is 6.61 Å². The smallest absolute Gasteiger partial charge is 0.336 e. The fourth-order valence-corrected chi connectivity index (χ4v) is 2.13. The monoisotopic (exact) mass is 317 g/mol. The van der Waals surface area contributed by atoms with Gasteiger partial charge in [-0.15, -0.1) is 0 Å². The third kappa shape index (κ3) is 4.16. The first kappa shape index (κ1) is 16.2. The lowest BCUT2D eigenvalue weighted by Crippen LogP contribution is -2.15. The lowest BCUT2D eigenvalue weighted by atomic mass is 10.1. The lowest BCUT2D eigenvalue weighted by molar-refractivity contribution is -0.140. The van der Waals surface area contributed by atoms with E-state index in [9.17, 15) is 9.90 Å². The molecule has 1 aromatic heterocycles. The zero-order chi connectivity index (χ0) is 15.9. The van der Waals surface area contributed by atoms with Gasteiger partial charge in [0.2, 0.25) is 0 Å². The Labute approximate surface area is 134 Å². The van der Waals surface area contributed by atoms with Gasteiger partial charge >= 0.3 is 5.97 Å². The van der Waals surface area contributed by atoms with Crippen LogP contribution < -0.4 is 0 Å². The van der Waals surface area contributed by atoms with Crippen molar-refractivity contribution in [3.8, 4) is 0 Å². The molecule has 1 aromatic carbocycles. The number of carbonyl (C=O) groups is 1. The lowest BCUT2D eigenvalue weighted by Gasteiger charge is -2.13. The number of ether oxygens (including phenoxy) is 1. The molecule has 4 nitrogen and oxygen atoms in total. The molecule has 2 rings (SSSR count). The van der Waals surface area contributed by atoms with Crippen molar-refractivity contribution in [3.05, 3.63) is 77.1 Å². The van der Waals surface area contributed by atoms with E-state index in [4.69, 9.17) is 16.3 Å². The predicted octanol–water partition coefficient (Wildman–Crippen LogP) is 3.11. The van der Waals surface area contributed by atoms with Gasteiger partial charge in [0.25, 0.3) is 0 Å². The van der Waals surface area contributed by atoms with E-state index in [2.05, 4.69) is 11.6 Å². The number of nitrogens with zero attached hydrogens (tertiary/aromatic N) is 1. The van der Waals surface area contributed by atoms with Crippen molar-refractivity contribution in [2.45, 2.75) is 12.5 Å².